The zero-order valence-electron chi connectivity index (χ0n) is 15.2. The van der Waals surface area contributed by atoms with E-state index in [4.69, 9.17) is 27.9 Å². The monoisotopic (exact) mass is 400 g/mol. The van der Waals surface area contributed by atoms with Gasteiger partial charge in [-0.3, -0.25) is 9.79 Å². The molecule has 0 spiro atoms. The average Bonchev–Trinajstić information content (AvgIpc) is 3.12. The van der Waals surface area contributed by atoms with Crippen LogP contribution in [0.3, 0.4) is 0 Å². The van der Waals surface area contributed by atoms with Crippen molar-refractivity contribution in [2.45, 2.75) is 13.3 Å². The molecule has 1 fully saturated rings. The number of nitrogens with zero attached hydrogens (tertiary/aromatic N) is 2. The van der Waals surface area contributed by atoms with Gasteiger partial charge in [0.1, 0.15) is 0 Å². The van der Waals surface area contributed by atoms with Gasteiger partial charge in [0.2, 0.25) is 0 Å². The van der Waals surface area contributed by atoms with Crippen molar-refractivity contribution in [2.24, 2.45) is 10.9 Å². The maximum Gasteiger partial charge on any atom is 0.251 e. The van der Waals surface area contributed by atoms with Crippen LogP contribution in [-0.2, 0) is 4.74 Å². The summed E-state index contributed by atoms with van der Waals surface area (Å²) in [5, 5.41) is 6.92. The van der Waals surface area contributed by atoms with Crippen molar-refractivity contribution in [2.75, 3.05) is 46.4 Å². The molecule has 0 aromatic heterocycles. The Morgan fingerprint density at radius 3 is 2.81 bits per heavy atom. The number of rotatable bonds is 7. The largest absolute Gasteiger partial charge is 0.381 e. The summed E-state index contributed by atoms with van der Waals surface area (Å²) in [6, 6.07) is 4.82. The minimum Gasteiger partial charge on any atom is -0.381 e. The van der Waals surface area contributed by atoms with Crippen LogP contribution in [0.2, 0.25) is 10.0 Å². The predicted octanol–water partition coefficient (Wildman–Crippen LogP) is 2.66. The molecule has 1 amide bonds. The molecule has 1 saturated heterocycles. The van der Waals surface area contributed by atoms with Gasteiger partial charge in [0, 0.05) is 44.8 Å². The van der Waals surface area contributed by atoms with Gasteiger partial charge in [0.25, 0.3) is 5.91 Å². The van der Waals surface area contributed by atoms with Gasteiger partial charge in [-0.25, -0.2) is 0 Å². The fourth-order valence-electron chi connectivity index (χ4n) is 2.74. The molecule has 26 heavy (non-hydrogen) atoms. The highest BCUT2D eigenvalue weighted by atomic mass is 35.5. The summed E-state index contributed by atoms with van der Waals surface area (Å²) in [5.74, 6) is 1.18. The normalized spacial score (nSPS) is 17.2. The van der Waals surface area contributed by atoms with E-state index in [0.29, 0.717) is 34.6 Å². The average molecular weight is 401 g/mol. The minimum absolute atomic E-state index is 0.194. The van der Waals surface area contributed by atoms with Gasteiger partial charge in [-0.15, -0.1) is 0 Å². The van der Waals surface area contributed by atoms with Crippen molar-refractivity contribution < 1.29 is 9.53 Å². The third-order valence-electron chi connectivity index (χ3n) is 4.09. The van der Waals surface area contributed by atoms with E-state index in [1.165, 1.54) is 0 Å². The number of hydrogen-bond acceptors (Lipinski definition) is 3. The third kappa shape index (κ3) is 6.34. The van der Waals surface area contributed by atoms with Gasteiger partial charge < -0.3 is 20.3 Å². The highest BCUT2D eigenvalue weighted by molar-refractivity contribution is 6.42. The Balaban J connectivity index is 1.82. The Morgan fingerprint density at radius 2 is 2.15 bits per heavy atom. The van der Waals surface area contributed by atoms with E-state index in [-0.39, 0.29) is 5.91 Å². The fraction of sp³-hybridized carbons (Fsp3) is 0.556. The van der Waals surface area contributed by atoms with Crippen LogP contribution in [0.25, 0.3) is 0 Å². The highest BCUT2D eigenvalue weighted by Crippen LogP contribution is 2.22. The lowest BCUT2D eigenvalue weighted by molar-refractivity contribution is 0.0955. The summed E-state index contributed by atoms with van der Waals surface area (Å²) >= 11 is 11.8. The van der Waals surface area contributed by atoms with Gasteiger partial charge >= 0.3 is 0 Å². The molecule has 144 valence electrons. The number of guanidine groups is 1. The fourth-order valence-corrected chi connectivity index (χ4v) is 3.04. The quantitative estimate of drug-likeness (QED) is 0.419. The number of benzene rings is 1. The molecule has 2 N–H and O–H groups in total. The number of aliphatic imine (C=N–C) groups is 1. The van der Waals surface area contributed by atoms with Gasteiger partial charge in [-0.2, -0.15) is 0 Å². The van der Waals surface area contributed by atoms with E-state index < -0.39 is 0 Å². The van der Waals surface area contributed by atoms with E-state index in [0.717, 1.165) is 38.7 Å². The van der Waals surface area contributed by atoms with Crippen LogP contribution in [0.15, 0.2) is 23.2 Å². The molecule has 8 heteroatoms. The first kappa shape index (κ1) is 20.8. The molecular formula is C18H26Cl2N4O2. The molecule has 0 saturated carbocycles. The standard InChI is InChI=1S/C18H26Cl2N4O2/c1-3-21-18(24(2)11-13-6-9-26-12-13)23-8-7-22-17(25)14-4-5-15(19)16(20)10-14/h4-5,10,13H,3,6-9,11-12H2,1-2H3,(H,21,23)(H,22,25). The Bertz CT molecular complexity index is 634. The van der Waals surface area contributed by atoms with Crippen molar-refractivity contribution in [3.8, 4) is 0 Å². The van der Waals surface area contributed by atoms with E-state index >= 15 is 0 Å². The molecule has 6 nitrogen and oxygen atoms in total. The van der Waals surface area contributed by atoms with Crippen molar-refractivity contribution in [3.05, 3.63) is 33.8 Å². The third-order valence-corrected chi connectivity index (χ3v) is 4.83. The molecule has 1 atom stereocenters. The molecule has 1 aliphatic heterocycles. The molecule has 1 aromatic carbocycles. The van der Waals surface area contributed by atoms with Crippen molar-refractivity contribution in [1.29, 1.82) is 0 Å². The Kier molecular flexibility index (Phi) is 8.48. The zero-order valence-corrected chi connectivity index (χ0v) is 16.7. The molecule has 0 radical (unpaired) electrons. The van der Waals surface area contributed by atoms with Crippen LogP contribution >= 0.6 is 23.2 Å². The topological polar surface area (TPSA) is 66.0 Å². The molecule has 1 heterocycles. The van der Waals surface area contributed by atoms with E-state index in [1.54, 1.807) is 18.2 Å². The predicted molar refractivity (Wildman–Crippen MR) is 106 cm³/mol. The minimum atomic E-state index is -0.194. The maximum absolute atomic E-state index is 12.1. The van der Waals surface area contributed by atoms with Crippen molar-refractivity contribution >= 4 is 35.1 Å². The van der Waals surface area contributed by atoms with Crippen LogP contribution in [0.4, 0.5) is 0 Å². The van der Waals surface area contributed by atoms with Crippen molar-refractivity contribution in [3.63, 3.8) is 0 Å². The Morgan fingerprint density at radius 1 is 1.35 bits per heavy atom. The molecule has 1 aliphatic rings. The van der Waals surface area contributed by atoms with Gasteiger partial charge in [-0.1, -0.05) is 23.2 Å². The van der Waals surface area contributed by atoms with Crippen LogP contribution in [0, 0.1) is 5.92 Å². The molecule has 1 unspecified atom stereocenters. The second-order valence-corrected chi connectivity index (χ2v) is 7.04. The SMILES string of the molecule is CCNC(=NCCNC(=O)c1ccc(Cl)c(Cl)c1)N(C)CC1CCOC1. The molecule has 1 aromatic rings. The number of carbonyl (C=O) groups is 1. The number of carbonyl (C=O) groups excluding carboxylic acids is 1. The van der Waals surface area contributed by atoms with Crippen LogP contribution in [0.5, 0.6) is 0 Å². The van der Waals surface area contributed by atoms with E-state index in [9.17, 15) is 4.79 Å². The number of ether oxygens (including phenoxy) is 1. The maximum atomic E-state index is 12.1. The van der Waals surface area contributed by atoms with Crippen LogP contribution < -0.4 is 10.6 Å². The van der Waals surface area contributed by atoms with Gasteiger partial charge in [-0.05, 0) is 31.5 Å². The molecule has 0 aliphatic carbocycles. The number of hydrogen-bond donors (Lipinski definition) is 2. The first-order valence-electron chi connectivity index (χ1n) is 8.81. The molecular weight excluding hydrogens is 375 g/mol. The van der Waals surface area contributed by atoms with Crippen LogP contribution in [0.1, 0.15) is 23.7 Å². The van der Waals surface area contributed by atoms with Gasteiger partial charge in [0.05, 0.1) is 23.2 Å². The molecule has 0 bridgehead atoms. The first-order chi connectivity index (χ1) is 12.5. The summed E-state index contributed by atoms with van der Waals surface area (Å²) in [6.07, 6.45) is 1.09. The highest BCUT2D eigenvalue weighted by Gasteiger charge is 2.19. The first-order valence-corrected chi connectivity index (χ1v) is 9.57. The zero-order chi connectivity index (χ0) is 18.9. The lowest BCUT2D eigenvalue weighted by Gasteiger charge is -2.24. The summed E-state index contributed by atoms with van der Waals surface area (Å²) < 4.78 is 5.43. The summed E-state index contributed by atoms with van der Waals surface area (Å²) in [6.45, 7) is 6.31. The lowest BCUT2D eigenvalue weighted by atomic mass is 10.1. The summed E-state index contributed by atoms with van der Waals surface area (Å²) in [5.41, 5.74) is 0.480. The second kappa shape index (κ2) is 10.6. The number of halogens is 2. The smallest absolute Gasteiger partial charge is 0.251 e. The number of nitrogens with one attached hydrogen (secondary N) is 2. The number of amides is 1. The second-order valence-electron chi connectivity index (χ2n) is 6.23. The summed E-state index contributed by atoms with van der Waals surface area (Å²) in [4.78, 5) is 18.8. The van der Waals surface area contributed by atoms with E-state index in [2.05, 4.69) is 20.5 Å². The molecule has 2 rings (SSSR count). The Labute approximate surface area is 164 Å². The summed E-state index contributed by atoms with van der Waals surface area (Å²) in [7, 11) is 2.02. The van der Waals surface area contributed by atoms with Crippen molar-refractivity contribution in [1.82, 2.24) is 15.5 Å². The van der Waals surface area contributed by atoms with Crippen LogP contribution in [-0.4, -0.2) is 63.2 Å². The van der Waals surface area contributed by atoms with Gasteiger partial charge in [0.15, 0.2) is 5.96 Å². The Hall–Kier alpha value is -1.50. The van der Waals surface area contributed by atoms with E-state index in [1.807, 2.05) is 14.0 Å². The lowest BCUT2D eigenvalue weighted by Crippen LogP contribution is -2.42.